The molecule has 128 valence electrons. The maximum absolute atomic E-state index is 12.1. The number of hydrogen-bond donors (Lipinski definition) is 1. The van der Waals surface area contributed by atoms with Crippen LogP contribution in [0.3, 0.4) is 0 Å². The molecule has 0 spiro atoms. The molecular formula is C18H27NO3S. The molecule has 0 radical (unpaired) electrons. The maximum atomic E-state index is 12.1. The number of rotatable bonds is 6. The highest BCUT2D eigenvalue weighted by Gasteiger charge is 2.33. The third kappa shape index (κ3) is 5.74. The van der Waals surface area contributed by atoms with Crippen LogP contribution in [0.2, 0.25) is 0 Å². The largest absolute Gasteiger partial charge is 0.443 e. The molecule has 1 N–H and O–H groups in total. The zero-order chi connectivity index (χ0) is 16.7. The highest BCUT2D eigenvalue weighted by atomic mass is 32.2. The molecule has 5 heteroatoms. The number of carbonyl (C=O) groups excluding carboxylic acids is 1. The summed E-state index contributed by atoms with van der Waals surface area (Å²) in [6.07, 6.45) is 3.50. The van der Waals surface area contributed by atoms with Gasteiger partial charge in [-0.1, -0.05) is 57.0 Å². The van der Waals surface area contributed by atoms with Gasteiger partial charge >= 0.3 is 6.09 Å². The van der Waals surface area contributed by atoms with Gasteiger partial charge in [0.25, 0.3) is 0 Å². The molecule has 2 atom stereocenters. The van der Waals surface area contributed by atoms with E-state index in [-0.39, 0.29) is 12.6 Å². The lowest BCUT2D eigenvalue weighted by atomic mass is 9.85. The summed E-state index contributed by atoms with van der Waals surface area (Å²) in [6.45, 7) is 4.54. The standard InChI is InChI=1S/C18H27NO3S/c1-14(2)23-13-16-10-6-7-11-17(16)19(21)18(20)22-12-15-8-4-3-5-9-15/h3-5,8-9,14,16-17,21H,6-7,10-13H2,1-2H3. The van der Waals surface area contributed by atoms with Gasteiger partial charge < -0.3 is 4.74 Å². The SMILES string of the molecule is CC(C)SCC1CCCCC1N(O)C(=O)OCc1ccccc1. The normalized spacial score (nSPS) is 21.2. The van der Waals surface area contributed by atoms with Gasteiger partial charge in [0.2, 0.25) is 0 Å². The van der Waals surface area contributed by atoms with Crippen LogP contribution in [0.5, 0.6) is 0 Å². The fourth-order valence-electron chi connectivity index (χ4n) is 2.94. The van der Waals surface area contributed by atoms with Gasteiger partial charge in [0, 0.05) is 0 Å². The molecule has 1 fully saturated rings. The molecule has 23 heavy (non-hydrogen) atoms. The molecule has 0 heterocycles. The van der Waals surface area contributed by atoms with Crippen LogP contribution in [-0.4, -0.2) is 33.4 Å². The summed E-state index contributed by atoms with van der Waals surface area (Å²) in [4.78, 5) is 12.1. The van der Waals surface area contributed by atoms with Crippen LogP contribution in [0.25, 0.3) is 0 Å². The van der Waals surface area contributed by atoms with E-state index in [1.807, 2.05) is 42.1 Å². The van der Waals surface area contributed by atoms with Crippen LogP contribution in [0, 0.1) is 5.92 Å². The minimum absolute atomic E-state index is 0.127. The van der Waals surface area contributed by atoms with Crippen LogP contribution in [0.4, 0.5) is 4.79 Å². The van der Waals surface area contributed by atoms with Gasteiger partial charge in [-0.3, -0.25) is 5.21 Å². The van der Waals surface area contributed by atoms with Crippen LogP contribution < -0.4 is 0 Å². The topological polar surface area (TPSA) is 49.8 Å². The highest BCUT2D eigenvalue weighted by Crippen LogP contribution is 2.31. The first-order chi connectivity index (χ1) is 11.1. The van der Waals surface area contributed by atoms with Gasteiger partial charge in [-0.25, -0.2) is 4.79 Å². The minimum atomic E-state index is -0.639. The van der Waals surface area contributed by atoms with Crippen LogP contribution in [0.15, 0.2) is 30.3 Å². The first-order valence-electron chi connectivity index (χ1n) is 8.38. The summed E-state index contributed by atoms with van der Waals surface area (Å²) in [5.41, 5.74) is 0.921. The lowest BCUT2D eigenvalue weighted by Crippen LogP contribution is -2.45. The predicted molar refractivity (Wildman–Crippen MR) is 93.6 cm³/mol. The minimum Gasteiger partial charge on any atom is -0.443 e. The van der Waals surface area contributed by atoms with E-state index < -0.39 is 6.09 Å². The second-order valence-corrected chi connectivity index (χ2v) is 7.99. The first kappa shape index (κ1) is 18.1. The molecule has 4 nitrogen and oxygen atoms in total. The van der Waals surface area contributed by atoms with E-state index in [2.05, 4.69) is 13.8 Å². The van der Waals surface area contributed by atoms with E-state index in [4.69, 9.17) is 4.74 Å². The lowest BCUT2D eigenvalue weighted by Gasteiger charge is -2.35. The van der Waals surface area contributed by atoms with Crippen molar-refractivity contribution in [1.29, 1.82) is 0 Å². The van der Waals surface area contributed by atoms with Gasteiger partial charge in [-0.15, -0.1) is 0 Å². The molecule has 2 unspecified atom stereocenters. The number of amides is 1. The number of carbonyl (C=O) groups is 1. The number of hydroxylamine groups is 2. The Morgan fingerprint density at radius 3 is 2.70 bits per heavy atom. The van der Waals surface area contributed by atoms with Crippen molar-refractivity contribution in [3.05, 3.63) is 35.9 Å². The van der Waals surface area contributed by atoms with Crippen LogP contribution >= 0.6 is 11.8 Å². The lowest BCUT2D eigenvalue weighted by molar-refractivity contribution is -0.125. The Hall–Kier alpha value is -1.20. The third-order valence-corrected chi connectivity index (χ3v) is 5.51. The number of thioether (sulfide) groups is 1. The van der Waals surface area contributed by atoms with Crippen LogP contribution in [0.1, 0.15) is 45.1 Å². The van der Waals surface area contributed by atoms with Crippen molar-refractivity contribution < 1.29 is 14.7 Å². The Balaban J connectivity index is 1.87. The van der Waals surface area contributed by atoms with Crippen molar-refractivity contribution in [1.82, 2.24) is 5.06 Å². The van der Waals surface area contributed by atoms with Crippen molar-refractivity contribution in [3.8, 4) is 0 Å². The van der Waals surface area contributed by atoms with Gasteiger partial charge in [0.1, 0.15) is 6.61 Å². The first-order valence-corrected chi connectivity index (χ1v) is 9.43. The van der Waals surface area contributed by atoms with Crippen molar-refractivity contribution in [2.24, 2.45) is 5.92 Å². The molecule has 1 saturated carbocycles. The van der Waals surface area contributed by atoms with Gasteiger partial charge in [-0.2, -0.15) is 16.8 Å². The molecule has 0 aromatic heterocycles. The van der Waals surface area contributed by atoms with Gasteiger partial charge in [0.05, 0.1) is 6.04 Å². The molecule has 0 bridgehead atoms. The monoisotopic (exact) mass is 337 g/mol. The Morgan fingerprint density at radius 2 is 2.00 bits per heavy atom. The summed E-state index contributed by atoms with van der Waals surface area (Å²) in [6, 6.07) is 9.40. The van der Waals surface area contributed by atoms with Crippen molar-refractivity contribution in [3.63, 3.8) is 0 Å². The van der Waals surface area contributed by atoms with E-state index in [0.29, 0.717) is 11.2 Å². The smallest absolute Gasteiger partial charge is 0.434 e. The molecule has 1 aromatic carbocycles. The third-order valence-electron chi connectivity index (χ3n) is 4.22. The quantitative estimate of drug-likeness (QED) is 0.603. The number of ether oxygens (including phenoxy) is 1. The van der Waals surface area contributed by atoms with Crippen molar-refractivity contribution >= 4 is 17.9 Å². The average Bonchev–Trinajstić information content (AvgIpc) is 2.58. The Labute approximate surface area is 143 Å². The van der Waals surface area contributed by atoms with E-state index in [1.54, 1.807) is 0 Å². The molecule has 0 saturated heterocycles. The number of hydrogen-bond acceptors (Lipinski definition) is 4. The summed E-state index contributed by atoms with van der Waals surface area (Å²) in [5, 5.41) is 11.7. The van der Waals surface area contributed by atoms with E-state index in [1.165, 1.54) is 6.42 Å². The Kier molecular flexibility index (Phi) is 7.24. The molecule has 1 amide bonds. The van der Waals surface area contributed by atoms with Crippen molar-refractivity contribution in [2.45, 2.75) is 57.4 Å². The Bertz CT molecular complexity index is 480. The van der Waals surface area contributed by atoms with Crippen LogP contribution in [-0.2, 0) is 11.3 Å². The highest BCUT2D eigenvalue weighted by molar-refractivity contribution is 7.99. The fourth-order valence-corrected chi connectivity index (χ4v) is 3.96. The molecular weight excluding hydrogens is 310 g/mol. The van der Waals surface area contributed by atoms with E-state index in [9.17, 15) is 10.0 Å². The van der Waals surface area contributed by atoms with Crippen molar-refractivity contribution in [2.75, 3.05) is 5.75 Å². The summed E-state index contributed by atoms with van der Waals surface area (Å²) in [5.74, 6) is 1.32. The second-order valence-electron chi connectivity index (χ2n) is 6.38. The fraction of sp³-hybridized carbons (Fsp3) is 0.611. The van der Waals surface area contributed by atoms with E-state index in [0.717, 1.165) is 35.6 Å². The average molecular weight is 337 g/mol. The molecule has 2 rings (SSSR count). The zero-order valence-corrected chi connectivity index (χ0v) is 14.8. The Morgan fingerprint density at radius 1 is 1.30 bits per heavy atom. The summed E-state index contributed by atoms with van der Waals surface area (Å²) >= 11 is 1.89. The second kappa shape index (κ2) is 9.18. The zero-order valence-electron chi connectivity index (χ0n) is 14.0. The van der Waals surface area contributed by atoms with E-state index >= 15 is 0 Å². The van der Waals surface area contributed by atoms with Gasteiger partial charge in [-0.05, 0) is 35.3 Å². The summed E-state index contributed by atoms with van der Waals surface area (Å²) < 4.78 is 5.25. The predicted octanol–water partition coefficient (Wildman–Crippen LogP) is 4.71. The molecule has 1 aliphatic rings. The number of benzene rings is 1. The molecule has 1 aromatic rings. The van der Waals surface area contributed by atoms with Gasteiger partial charge in [0.15, 0.2) is 0 Å². The molecule has 0 aliphatic heterocycles. The molecule has 1 aliphatic carbocycles. The number of nitrogens with zero attached hydrogens (tertiary/aromatic N) is 1. The summed E-state index contributed by atoms with van der Waals surface area (Å²) in [7, 11) is 0. The maximum Gasteiger partial charge on any atom is 0.434 e.